The summed E-state index contributed by atoms with van der Waals surface area (Å²) < 4.78 is 0. The summed E-state index contributed by atoms with van der Waals surface area (Å²) in [6.45, 7) is 0.682. The molecule has 0 aliphatic carbocycles. The second-order valence-electron chi connectivity index (χ2n) is 3.25. The number of carbonyl (C=O) groups is 3. The molecule has 5 N–H and O–H groups in total. The number of carboxylic acid groups (broad SMARTS) is 1. The van der Waals surface area contributed by atoms with Crippen molar-refractivity contribution in [2.45, 2.75) is 25.7 Å². The van der Waals surface area contributed by atoms with Gasteiger partial charge in [-0.15, -0.1) is 0 Å². The SMILES string of the molecule is NC(=O)CCCNC(=O)NCCCC(=O)O. The van der Waals surface area contributed by atoms with E-state index in [0.717, 1.165) is 0 Å². The monoisotopic (exact) mass is 231 g/mol. The zero-order chi connectivity index (χ0) is 12.4. The highest BCUT2D eigenvalue weighted by Crippen LogP contribution is 1.86. The third-order valence-corrected chi connectivity index (χ3v) is 1.74. The molecular weight excluding hydrogens is 214 g/mol. The van der Waals surface area contributed by atoms with Crippen molar-refractivity contribution in [3.63, 3.8) is 0 Å². The Kier molecular flexibility index (Phi) is 7.56. The number of nitrogens with one attached hydrogen (secondary N) is 2. The van der Waals surface area contributed by atoms with Crippen LogP contribution in [0.15, 0.2) is 0 Å². The molecule has 0 bridgehead atoms. The molecule has 0 heterocycles. The van der Waals surface area contributed by atoms with Gasteiger partial charge in [0.1, 0.15) is 0 Å². The zero-order valence-corrected chi connectivity index (χ0v) is 8.99. The van der Waals surface area contributed by atoms with E-state index in [4.69, 9.17) is 10.8 Å². The van der Waals surface area contributed by atoms with Crippen LogP contribution in [0.5, 0.6) is 0 Å². The molecule has 3 amide bonds. The third-order valence-electron chi connectivity index (χ3n) is 1.74. The fourth-order valence-electron chi connectivity index (χ4n) is 0.969. The van der Waals surface area contributed by atoms with E-state index in [9.17, 15) is 14.4 Å². The lowest BCUT2D eigenvalue weighted by atomic mass is 10.3. The first-order chi connectivity index (χ1) is 7.52. The van der Waals surface area contributed by atoms with Crippen molar-refractivity contribution in [1.29, 1.82) is 0 Å². The van der Waals surface area contributed by atoms with Gasteiger partial charge in [0.2, 0.25) is 5.91 Å². The second kappa shape index (κ2) is 8.51. The van der Waals surface area contributed by atoms with Crippen molar-refractivity contribution in [3.8, 4) is 0 Å². The van der Waals surface area contributed by atoms with Gasteiger partial charge in [0, 0.05) is 25.9 Å². The number of amides is 3. The molecule has 0 rings (SSSR count). The van der Waals surface area contributed by atoms with Crippen molar-refractivity contribution >= 4 is 17.9 Å². The number of rotatable bonds is 8. The largest absolute Gasteiger partial charge is 0.481 e. The lowest BCUT2D eigenvalue weighted by Gasteiger charge is -2.05. The summed E-state index contributed by atoms with van der Waals surface area (Å²) in [5.74, 6) is -1.28. The van der Waals surface area contributed by atoms with Crippen LogP contribution in [0.2, 0.25) is 0 Å². The molecule has 0 aliphatic rings. The lowest BCUT2D eigenvalue weighted by molar-refractivity contribution is -0.137. The highest BCUT2D eigenvalue weighted by atomic mass is 16.4. The van der Waals surface area contributed by atoms with Crippen LogP contribution in [0.4, 0.5) is 4.79 Å². The van der Waals surface area contributed by atoms with Crippen LogP contribution < -0.4 is 16.4 Å². The Bertz CT molecular complexity index is 231. The Labute approximate surface area is 93.4 Å². The maximum absolute atomic E-state index is 11.0. The fourth-order valence-corrected chi connectivity index (χ4v) is 0.969. The zero-order valence-electron chi connectivity index (χ0n) is 8.99. The molecule has 92 valence electrons. The molecule has 0 spiro atoms. The van der Waals surface area contributed by atoms with Crippen molar-refractivity contribution in [3.05, 3.63) is 0 Å². The highest BCUT2D eigenvalue weighted by Gasteiger charge is 2.01. The molecule has 0 aromatic heterocycles. The van der Waals surface area contributed by atoms with Crippen LogP contribution >= 0.6 is 0 Å². The Morgan fingerprint density at radius 3 is 1.94 bits per heavy atom. The van der Waals surface area contributed by atoms with Gasteiger partial charge in [-0.2, -0.15) is 0 Å². The average Bonchev–Trinajstić information content (AvgIpc) is 2.19. The van der Waals surface area contributed by atoms with E-state index in [1.165, 1.54) is 0 Å². The van der Waals surface area contributed by atoms with Gasteiger partial charge in [-0.1, -0.05) is 0 Å². The standard InChI is InChI=1S/C9H17N3O4/c10-7(13)3-1-5-11-9(16)12-6-2-4-8(14)15/h1-6H2,(H2,10,13)(H,14,15)(H2,11,12,16). The van der Waals surface area contributed by atoms with Crippen LogP contribution in [0.25, 0.3) is 0 Å². The number of hydrogen-bond donors (Lipinski definition) is 4. The van der Waals surface area contributed by atoms with Gasteiger partial charge in [0.25, 0.3) is 0 Å². The fraction of sp³-hybridized carbons (Fsp3) is 0.667. The smallest absolute Gasteiger partial charge is 0.314 e. The predicted octanol–water partition coefficient (Wildman–Crippen LogP) is -0.584. The second-order valence-corrected chi connectivity index (χ2v) is 3.25. The topological polar surface area (TPSA) is 122 Å². The Hall–Kier alpha value is -1.79. The number of primary amides is 1. The summed E-state index contributed by atoms with van der Waals surface area (Å²) >= 11 is 0. The minimum atomic E-state index is -0.885. The van der Waals surface area contributed by atoms with Crippen LogP contribution in [0, 0.1) is 0 Å². The van der Waals surface area contributed by atoms with Crippen LogP contribution in [-0.2, 0) is 9.59 Å². The van der Waals surface area contributed by atoms with Gasteiger partial charge >= 0.3 is 12.0 Å². The third kappa shape index (κ3) is 10.3. The summed E-state index contributed by atoms with van der Waals surface area (Å²) in [7, 11) is 0. The van der Waals surface area contributed by atoms with Crippen LogP contribution in [-0.4, -0.2) is 36.1 Å². The van der Waals surface area contributed by atoms with Gasteiger partial charge < -0.3 is 21.5 Å². The molecule has 0 saturated carbocycles. The van der Waals surface area contributed by atoms with Crippen LogP contribution in [0.1, 0.15) is 25.7 Å². The summed E-state index contributed by atoms with van der Waals surface area (Å²) in [5.41, 5.74) is 4.91. The number of carboxylic acids is 1. The Balaban J connectivity index is 3.31. The number of aliphatic carboxylic acids is 1. The molecule has 7 nitrogen and oxygen atoms in total. The van der Waals surface area contributed by atoms with E-state index >= 15 is 0 Å². The van der Waals surface area contributed by atoms with Crippen LogP contribution in [0.3, 0.4) is 0 Å². The molecule has 0 fully saturated rings. The molecule has 16 heavy (non-hydrogen) atoms. The normalized spacial score (nSPS) is 9.50. The van der Waals surface area contributed by atoms with E-state index in [1.54, 1.807) is 0 Å². The van der Waals surface area contributed by atoms with Crippen molar-refractivity contribution in [1.82, 2.24) is 10.6 Å². The Morgan fingerprint density at radius 1 is 1.00 bits per heavy atom. The Morgan fingerprint density at radius 2 is 1.50 bits per heavy atom. The number of urea groups is 1. The molecule has 0 aliphatic heterocycles. The minimum Gasteiger partial charge on any atom is -0.481 e. The first kappa shape index (κ1) is 14.2. The minimum absolute atomic E-state index is 0.0297. The molecule has 0 radical (unpaired) electrons. The maximum atomic E-state index is 11.0. The summed E-state index contributed by atoms with van der Waals surface area (Å²) in [4.78, 5) is 31.6. The molecule has 7 heteroatoms. The number of carbonyl (C=O) groups excluding carboxylic acids is 2. The lowest BCUT2D eigenvalue weighted by Crippen LogP contribution is -2.36. The van der Waals surface area contributed by atoms with Gasteiger partial charge in [-0.25, -0.2) is 4.79 Å². The van der Waals surface area contributed by atoms with Crippen molar-refractivity contribution < 1.29 is 19.5 Å². The van der Waals surface area contributed by atoms with Crippen molar-refractivity contribution in [2.75, 3.05) is 13.1 Å². The quantitative estimate of drug-likeness (QED) is 0.417. The first-order valence-electron chi connectivity index (χ1n) is 5.04. The molecule has 0 aromatic carbocycles. The van der Waals surface area contributed by atoms with Gasteiger partial charge in [-0.3, -0.25) is 9.59 Å². The molecule has 0 saturated heterocycles. The highest BCUT2D eigenvalue weighted by molar-refractivity contribution is 5.75. The van der Waals surface area contributed by atoms with Gasteiger partial charge in [0.15, 0.2) is 0 Å². The number of nitrogens with two attached hydrogens (primary N) is 1. The summed E-state index contributed by atoms with van der Waals surface area (Å²) in [6, 6.07) is -0.366. The molecule has 0 aromatic rings. The van der Waals surface area contributed by atoms with E-state index in [2.05, 4.69) is 10.6 Å². The van der Waals surface area contributed by atoms with Gasteiger partial charge in [0.05, 0.1) is 0 Å². The van der Waals surface area contributed by atoms with E-state index in [1.807, 2.05) is 0 Å². The van der Waals surface area contributed by atoms with E-state index in [0.29, 0.717) is 25.9 Å². The summed E-state index contributed by atoms with van der Waals surface area (Å²) in [6.07, 6.45) is 1.16. The summed E-state index contributed by atoms with van der Waals surface area (Å²) in [5, 5.41) is 13.3. The van der Waals surface area contributed by atoms with Crippen molar-refractivity contribution in [2.24, 2.45) is 5.73 Å². The predicted molar refractivity (Wildman–Crippen MR) is 56.7 cm³/mol. The average molecular weight is 231 g/mol. The van der Waals surface area contributed by atoms with E-state index in [-0.39, 0.29) is 18.9 Å². The van der Waals surface area contributed by atoms with Gasteiger partial charge in [-0.05, 0) is 12.8 Å². The molecule has 0 unspecified atom stereocenters. The number of hydrogen-bond acceptors (Lipinski definition) is 3. The van der Waals surface area contributed by atoms with E-state index < -0.39 is 11.9 Å². The molecule has 0 atom stereocenters. The molecular formula is C9H17N3O4. The first-order valence-corrected chi connectivity index (χ1v) is 5.04. The maximum Gasteiger partial charge on any atom is 0.314 e.